The van der Waals surface area contributed by atoms with Gasteiger partial charge in [-0.15, -0.1) is 0 Å². The molecule has 1 aromatic carbocycles. The summed E-state index contributed by atoms with van der Waals surface area (Å²) in [6.45, 7) is 4.07. The summed E-state index contributed by atoms with van der Waals surface area (Å²) in [6, 6.07) is 7.77. The van der Waals surface area contributed by atoms with E-state index in [0.717, 1.165) is 12.0 Å². The molecule has 1 aromatic rings. The number of Topliss-reactive ketones (excluding diaryl/α,β-unsaturated/α-hetero) is 1. The van der Waals surface area contributed by atoms with Crippen molar-refractivity contribution in [2.45, 2.75) is 13.3 Å². The van der Waals surface area contributed by atoms with Crippen LogP contribution in [0.1, 0.15) is 22.8 Å². The van der Waals surface area contributed by atoms with Crippen LogP contribution in [0.15, 0.2) is 24.3 Å². The molecule has 19 heavy (non-hydrogen) atoms. The minimum Gasteiger partial charge on any atom is -0.394 e. The maximum atomic E-state index is 12.0. The molecular weight excluding hydrogens is 242 g/mol. The molecule has 1 N–H and O–H groups in total. The van der Waals surface area contributed by atoms with Crippen LogP contribution in [0.5, 0.6) is 0 Å². The number of rotatable bonds is 9. The first-order valence-electron chi connectivity index (χ1n) is 6.66. The number of aryl methyl sites for hydroxylation is 1. The van der Waals surface area contributed by atoms with E-state index >= 15 is 0 Å². The molecule has 0 aliphatic rings. The number of ether oxygens (including phenoxy) is 1. The molecule has 0 atom stereocenters. The van der Waals surface area contributed by atoms with Crippen LogP contribution in [0.25, 0.3) is 0 Å². The van der Waals surface area contributed by atoms with Crippen molar-refractivity contribution in [3.63, 3.8) is 0 Å². The number of hydrogen-bond donors (Lipinski definition) is 1. The number of ketones is 1. The van der Waals surface area contributed by atoms with Crippen molar-refractivity contribution in [3.05, 3.63) is 35.4 Å². The van der Waals surface area contributed by atoms with Crippen molar-refractivity contribution >= 4 is 5.78 Å². The standard InChI is InChI=1S/C15H23NO3/c1-3-13-4-6-14(7-5-13)15(18)12-16(2)8-10-19-11-9-17/h4-7,17H,3,8-12H2,1-2H3. The van der Waals surface area contributed by atoms with Crippen LogP contribution in [0.3, 0.4) is 0 Å². The second-order valence-electron chi connectivity index (χ2n) is 4.55. The summed E-state index contributed by atoms with van der Waals surface area (Å²) in [7, 11) is 1.89. The first-order valence-corrected chi connectivity index (χ1v) is 6.66. The molecule has 0 amide bonds. The van der Waals surface area contributed by atoms with Gasteiger partial charge < -0.3 is 9.84 Å². The van der Waals surface area contributed by atoms with Crippen LogP contribution in [0.2, 0.25) is 0 Å². The fourth-order valence-electron chi connectivity index (χ4n) is 1.73. The van der Waals surface area contributed by atoms with Gasteiger partial charge in [-0.05, 0) is 19.0 Å². The number of carbonyl (C=O) groups excluding carboxylic acids is 1. The van der Waals surface area contributed by atoms with Crippen molar-refractivity contribution in [1.29, 1.82) is 0 Å². The third kappa shape index (κ3) is 5.96. The SMILES string of the molecule is CCc1ccc(C(=O)CN(C)CCOCCO)cc1. The van der Waals surface area contributed by atoms with Crippen molar-refractivity contribution in [2.24, 2.45) is 0 Å². The minimum atomic E-state index is 0.0341. The van der Waals surface area contributed by atoms with Crippen molar-refractivity contribution in [1.82, 2.24) is 4.90 Å². The lowest BCUT2D eigenvalue weighted by Crippen LogP contribution is -2.29. The molecule has 0 bridgehead atoms. The minimum absolute atomic E-state index is 0.0341. The van der Waals surface area contributed by atoms with Gasteiger partial charge in [0.1, 0.15) is 0 Å². The average molecular weight is 265 g/mol. The van der Waals surface area contributed by atoms with E-state index in [-0.39, 0.29) is 12.4 Å². The summed E-state index contributed by atoms with van der Waals surface area (Å²) >= 11 is 0. The summed E-state index contributed by atoms with van der Waals surface area (Å²) in [4.78, 5) is 13.9. The Morgan fingerprint density at radius 1 is 1.26 bits per heavy atom. The topological polar surface area (TPSA) is 49.8 Å². The molecule has 0 unspecified atom stereocenters. The molecule has 1 rings (SSSR count). The average Bonchev–Trinajstić information content (AvgIpc) is 2.43. The number of aliphatic hydroxyl groups excluding tert-OH is 1. The summed E-state index contributed by atoms with van der Waals surface area (Å²) in [5.41, 5.74) is 1.99. The molecule has 0 heterocycles. The lowest BCUT2D eigenvalue weighted by molar-refractivity contribution is 0.0739. The molecule has 0 aromatic heterocycles. The molecule has 0 saturated carbocycles. The predicted octanol–water partition coefficient (Wildman–Crippen LogP) is 1.37. The first kappa shape index (κ1) is 15.8. The smallest absolute Gasteiger partial charge is 0.176 e. The number of likely N-dealkylation sites (N-methyl/N-ethyl adjacent to an activating group) is 1. The summed E-state index contributed by atoms with van der Waals surface area (Å²) < 4.78 is 5.17. The van der Waals surface area contributed by atoms with Crippen LogP contribution in [-0.4, -0.2) is 55.7 Å². The van der Waals surface area contributed by atoms with Gasteiger partial charge in [0.05, 0.1) is 26.4 Å². The summed E-state index contributed by atoms with van der Waals surface area (Å²) in [6.07, 6.45) is 0.983. The van der Waals surface area contributed by atoms with Crippen LogP contribution in [-0.2, 0) is 11.2 Å². The van der Waals surface area contributed by atoms with E-state index in [0.29, 0.717) is 26.3 Å². The van der Waals surface area contributed by atoms with Gasteiger partial charge >= 0.3 is 0 Å². The van der Waals surface area contributed by atoms with Gasteiger partial charge in [-0.3, -0.25) is 9.69 Å². The fraction of sp³-hybridized carbons (Fsp3) is 0.533. The van der Waals surface area contributed by atoms with Gasteiger partial charge in [-0.1, -0.05) is 31.2 Å². The lowest BCUT2D eigenvalue weighted by atomic mass is 10.1. The van der Waals surface area contributed by atoms with E-state index < -0.39 is 0 Å². The van der Waals surface area contributed by atoms with Gasteiger partial charge in [0.2, 0.25) is 0 Å². The molecule has 0 radical (unpaired) electrons. The van der Waals surface area contributed by atoms with Gasteiger partial charge in [-0.2, -0.15) is 0 Å². The molecule has 4 nitrogen and oxygen atoms in total. The molecular formula is C15H23NO3. The quantitative estimate of drug-likeness (QED) is 0.541. The van der Waals surface area contributed by atoms with Crippen LogP contribution in [0.4, 0.5) is 0 Å². The third-order valence-electron chi connectivity index (χ3n) is 2.95. The van der Waals surface area contributed by atoms with E-state index in [4.69, 9.17) is 9.84 Å². The highest BCUT2D eigenvalue weighted by molar-refractivity contribution is 5.97. The molecule has 0 aliphatic carbocycles. The van der Waals surface area contributed by atoms with E-state index in [2.05, 4.69) is 6.92 Å². The molecule has 0 aliphatic heterocycles. The van der Waals surface area contributed by atoms with E-state index in [9.17, 15) is 4.79 Å². The normalized spacial score (nSPS) is 10.9. The monoisotopic (exact) mass is 265 g/mol. The van der Waals surface area contributed by atoms with Gasteiger partial charge in [0, 0.05) is 12.1 Å². The van der Waals surface area contributed by atoms with Crippen LogP contribution < -0.4 is 0 Å². The molecule has 4 heteroatoms. The zero-order valence-corrected chi connectivity index (χ0v) is 11.8. The highest BCUT2D eigenvalue weighted by Gasteiger charge is 2.09. The first-order chi connectivity index (χ1) is 9.17. The summed E-state index contributed by atoms with van der Waals surface area (Å²) in [5, 5.41) is 8.58. The molecule has 0 saturated heterocycles. The Morgan fingerprint density at radius 2 is 1.95 bits per heavy atom. The van der Waals surface area contributed by atoms with Crippen LogP contribution >= 0.6 is 0 Å². The van der Waals surface area contributed by atoms with Gasteiger partial charge in [0.15, 0.2) is 5.78 Å². The Bertz CT molecular complexity index is 375. The fourth-order valence-corrected chi connectivity index (χ4v) is 1.73. The number of carbonyl (C=O) groups is 1. The number of hydrogen-bond acceptors (Lipinski definition) is 4. The number of aliphatic hydroxyl groups is 1. The molecule has 0 fully saturated rings. The Kier molecular flexibility index (Phi) is 7.33. The van der Waals surface area contributed by atoms with E-state index in [1.165, 1.54) is 5.56 Å². The van der Waals surface area contributed by atoms with E-state index in [1.807, 2.05) is 36.2 Å². The second kappa shape index (κ2) is 8.80. The summed E-state index contributed by atoms with van der Waals surface area (Å²) in [5.74, 6) is 0.118. The molecule has 0 spiro atoms. The molecule has 106 valence electrons. The highest BCUT2D eigenvalue weighted by atomic mass is 16.5. The van der Waals surface area contributed by atoms with Crippen LogP contribution in [0, 0.1) is 0 Å². The second-order valence-corrected chi connectivity index (χ2v) is 4.55. The maximum absolute atomic E-state index is 12.0. The Hall–Kier alpha value is -1.23. The largest absolute Gasteiger partial charge is 0.394 e. The predicted molar refractivity (Wildman–Crippen MR) is 75.6 cm³/mol. The van der Waals surface area contributed by atoms with Crippen molar-refractivity contribution < 1.29 is 14.6 Å². The number of benzene rings is 1. The van der Waals surface area contributed by atoms with E-state index in [1.54, 1.807) is 0 Å². The Morgan fingerprint density at radius 3 is 2.53 bits per heavy atom. The zero-order chi connectivity index (χ0) is 14.1. The van der Waals surface area contributed by atoms with Crippen molar-refractivity contribution in [3.8, 4) is 0 Å². The van der Waals surface area contributed by atoms with Gasteiger partial charge in [-0.25, -0.2) is 0 Å². The lowest BCUT2D eigenvalue weighted by Gasteiger charge is -2.15. The Labute approximate surface area is 115 Å². The highest BCUT2D eigenvalue weighted by Crippen LogP contribution is 2.06. The van der Waals surface area contributed by atoms with Crippen molar-refractivity contribution in [2.75, 3.05) is 40.0 Å². The van der Waals surface area contributed by atoms with Gasteiger partial charge in [0.25, 0.3) is 0 Å². The zero-order valence-electron chi connectivity index (χ0n) is 11.8. The Balaban J connectivity index is 2.36. The number of nitrogens with zero attached hydrogens (tertiary/aromatic N) is 1. The third-order valence-corrected chi connectivity index (χ3v) is 2.95. The maximum Gasteiger partial charge on any atom is 0.176 e.